The number of carbonyl (C=O) groups is 1. The van der Waals surface area contributed by atoms with Crippen molar-refractivity contribution in [2.75, 3.05) is 13.6 Å². The number of benzene rings is 1. The molecule has 3 aromatic rings. The molecule has 2 heterocycles. The van der Waals surface area contributed by atoms with E-state index in [2.05, 4.69) is 10.3 Å². The number of carbonyl (C=O) groups excluding carboxylic acids is 1. The predicted molar refractivity (Wildman–Crippen MR) is 121 cm³/mol. The zero-order valence-electron chi connectivity index (χ0n) is 17.3. The molecule has 0 aliphatic carbocycles. The number of pyridine rings is 1. The van der Waals surface area contributed by atoms with E-state index < -0.39 is 15.9 Å². The van der Waals surface area contributed by atoms with Crippen LogP contribution in [0.1, 0.15) is 16.7 Å². The lowest BCUT2D eigenvalue weighted by Gasteiger charge is -2.15. The molecule has 0 atom stereocenters. The third-order valence-corrected chi connectivity index (χ3v) is 7.93. The van der Waals surface area contributed by atoms with Crippen LogP contribution in [0.25, 0.3) is 0 Å². The van der Waals surface area contributed by atoms with Gasteiger partial charge in [-0.05, 0) is 48.7 Å². The van der Waals surface area contributed by atoms with Gasteiger partial charge in [0.15, 0.2) is 0 Å². The second-order valence-electron chi connectivity index (χ2n) is 6.97. The minimum absolute atomic E-state index is 0.0939. The highest BCUT2D eigenvalue weighted by molar-refractivity contribution is 7.91. The number of nitrogens with one attached hydrogen (secondary N) is 1. The van der Waals surface area contributed by atoms with Crippen LogP contribution in [0.3, 0.4) is 0 Å². The molecule has 0 fully saturated rings. The van der Waals surface area contributed by atoms with E-state index in [1.807, 2.05) is 32.0 Å². The summed E-state index contributed by atoms with van der Waals surface area (Å²) < 4.78 is 32.2. The Balaban J connectivity index is 1.54. The summed E-state index contributed by atoms with van der Waals surface area (Å²) >= 11 is 6.75. The summed E-state index contributed by atoms with van der Waals surface area (Å²) in [6.07, 6.45) is 1.61. The first kappa shape index (κ1) is 23.2. The number of amides is 1. The molecule has 0 aliphatic rings. The van der Waals surface area contributed by atoms with Gasteiger partial charge in [-0.1, -0.05) is 29.8 Å². The fourth-order valence-corrected chi connectivity index (χ4v) is 5.46. The lowest BCUT2D eigenvalue weighted by atomic mass is 10.1. The average molecular weight is 480 g/mol. The van der Waals surface area contributed by atoms with Crippen molar-refractivity contribution in [3.05, 3.63) is 69.7 Å². The van der Waals surface area contributed by atoms with Crippen molar-refractivity contribution in [2.24, 2.45) is 0 Å². The Morgan fingerprint density at radius 3 is 2.61 bits per heavy atom. The van der Waals surface area contributed by atoms with Crippen LogP contribution >= 0.6 is 22.9 Å². The SMILES string of the molecule is Cc1ccc(C)c(Oc2ccc(CNC(=O)CN(C)S(=O)(=O)c3ccc(Cl)s3)cn2)c1. The van der Waals surface area contributed by atoms with E-state index in [4.69, 9.17) is 16.3 Å². The van der Waals surface area contributed by atoms with Crippen molar-refractivity contribution in [2.45, 2.75) is 24.6 Å². The largest absolute Gasteiger partial charge is 0.439 e. The highest BCUT2D eigenvalue weighted by Crippen LogP contribution is 2.27. The molecule has 1 N–H and O–H groups in total. The van der Waals surface area contributed by atoms with E-state index in [0.717, 1.165) is 38.1 Å². The molecule has 164 valence electrons. The molecule has 0 unspecified atom stereocenters. The fraction of sp³-hybridized carbons (Fsp3) is 0.238. The topological polar surface area (TPSA) is 88.6 Å². The molecule has 0 spiro atoms. The van der Waals surface area contributed by atoms with Crippen LogP contribution in [0.15, 0.2) is 52.9 Å². The number of hydrogen-bond donors (Lipinski definition) is 1. The number of likely N-dealkylation sites (N-methyl/N-ethyl adjacent to an activating group) is 1. The number of rotatable bonds is 8. The van der Waals surface area contributed by atoms with Crippen molar-refractivity contribution in [1.82, 2.24) is 14.6 Å². The van der Waals surface area contributed by atoms with Gasteiger partial charge < -0.3 is 10.1 Å². The van der Waals surface area contributed by atoms with E-state index in [1.165, 1.54) is 19.2 Å². The first-order valence-electron chi connectivity index (χ1n) is 9.33. The summed E-state index contributed by atoms with van der Waals surface area (Å²) in [7, 11) is -2.41. The van der Waals surface area contributed by atoms with E-state index in [0.29, 0.717) is 10.2 Å². The molecular weight excluding hydrogens is 458 g/mol. The Labute approximate surface area is 190 Å². The molecule has 0 bridgehead atoms. The maximum Gasteiger partial charge on any atom is 0.252 e. The van der Waals surface area contributed by atoms with Gasteiger partial charge in [0.2, 0.25) is 11.8 Å². The molecule has 1 aromatic carbocycles. The Kier molecular flexibility index (Phi) is 7.32. The molecule has 0 radical (unpaired) electrons. The minimum Gasteiger partial charge on any atom is -0.439 e. The molecule has 10 heteroatoms. The van der Waals surface area contributed by atoms with Gasteiger partial charge in [0.25, 0.3) is 10.0 Å². The van der Waals surface area contributed by atoms with Crippen LogP contribution in [0, 0.1) is 13.8 Å². The zero-order chi connectivity index (χ0) is 22.6. The van der Waals surface area contributed by atoms with Gasteiger partial charge >= 0.3 is 0 Å². The summed E-state index contributed by atoms with van der Waals surface area (Å²) in [5.41, 5.74) is 2.86. The maximum atomic E-state index is 12.5. The maximum absolute atomic E-state index is 12.5. The standard InChI is InChI=1S/C21H22ClN3O4S2/c1-14-4-5-15(2)17(10-14)29-20-8-6-16(12-24-20)11-23-19(26)13-25(3)31(27,28)21-9-7-18(22)30-21/h4-10,12H,11,13H2,1-3H3,(H,23,26). The number of aromatic nitrogens is 1. The number of sulfonamides is 1. The van der Waals surface area contributed by atoms with Gasteiger partial charge in [-0.25, -0.2) is 13.4 Å². The van der Waals surface area contributed by atoms with Gasteiger partial charge in [-0.2, -0.15) is 4.31 Å². The van der Waals surface area contributed by atoms with Gasteiger partial charge in [0, 0.05) is 25.9 Å². The number of nitrogens with zero attached hydrogens (tertiary/aromatic N) is 2. The molecule has 1 amide bonds. The molecule has 0 aliphatic heterocycles. The second kappa shape index (κ2) is 9.78. The molecule has 7 nitrogen and oxygen atoms in total. The average Bonchev–Trinajstić information content (AvgIpc) is 3.17. The smallest absolute Gasteiger partial charge is 0.252 e. The molecule has 0 saturated carbocycles. The van der Waals surface area contributed by atoms with Gasteiger partial charge in [-0.3, -0.25) is 4.79 Å². The molecule has 2 aromatic heterocycles. The Hall–Kier alpha value is -2.46. The first-order chi connectivity index (χ1) is 14.6. The monoisotopic (exact) mass is 479 g/mol. The number of halogens is 1. The van der Waals surface area contributed by atoms with Crippen LogP contribution in [-0.4, -0.2) is 37.2 Å². The van der Waals surface area contributed by atoms with Crippen molar-refractivity contribution in [3.8, 4) is 11.6 Å². The van der Waals surface area contributed by atoms with Gasteiger partial charge in [-0.15, -0.1) is 11.3 Å². The number of hydrogen-bond acceptors (Lipinski definition) is 6. The third kappa shape index (κ3) is 6.04. The summed E-state index contributed by atoms with van der Waals surface area (Å²) in [6.45, 7) is 3.86. The first-order valence-corrected chi connectivity index (χ1v) is 12.0. The van der Waals surface area contributed by atoms with Crippen LogP contribution in [0.2, 0.25) is 4.34 Å². The number of thiophene rings is 1. The number of aryl methyl sites for hydroxylation is 2. The summed E-state index contributed by atoms with van der Waals surface area (Å²) in [4.78, 5) is 16.5. The predicted octanol–water partition coefficient (Wildman–Crippen LogP) is 4.14. The molecule has 3 rings (SSSR count). The van der Waals surface area contributed by atoms with Crippen LogP contribution in [-0.2, 0) is 21.4 Å². The summed E-state index contributed by atoms with van der Waals surface area (Å²) in [5.74, 6) is 0.762. The fourth-order valence-electron chi connectivity index (χ4n) is 2.64. The minimum atomic E-state index is -3.76. The highest BCUT2D eigenvalue weighted by Gasteiger charge is 2.24. The van der Waals surface area contributed by atoms with E-state index in [9.17, 15) is 13.2 Å². The van der Waals surface area contributed by atoms with Crippen molar-refractivity contribution in [3.63, 3.8) is 0 Å². The molecular formula is C21H22ClN3O4S2. The number of ether oxygens (including phenoxy) is 1. The normalized spacial score (nSPS) is 11.5. The van der Waals surface area contributed by atoms with Crippen molar-refractivity contribution < 1.29 is 17.9 Å². The van der Waals surface area contributed by atoms with Crippen molar-refractivity contribution >= 4 is 38.9 Å². The summed E-state index contributed by atoms with van der Waals surface area (Å²) in [6, 6.07) is 12.4. The Bertz CT molecular complexity index is 1180. The van der Waals surface area contributed by atoms with Crippen LogP contribution in [0.4, 0.5) is 0 Å². The van der Waals surface area contributed by atoms with Crippen LogP contribution in [0.5, 0.6) is 11.6 Å². The van der Waals surface area contributed by atoms with E-state index in [1.54, 1.807) is 18.3 Å². The zero-order valence-corrected chi connectivity index (χ0v) is 19.6. The Morgan fingerprint density at radius 1 is 1.19 bits per heavy atom. The van der Waals surface area contributed by atoms with Gasteiger partial charge in [0.1, 0.15) is 9.96 Å². The Morgan fingerprint density at radius 2 is 1.97 bits per heavy atom. The summed E-state index contributed by atoms with van der Waals surface area (Å²) in [5, 5.41) is 2.70. The molecule has 31 heavy (non-hydrogen) atoms. The lowest BCUT2D eigenvalue weighted by Crippen LogP contribution is -2.37. The quantitative estimate of drug-likeness (QED) is 0.524. The van der Waals surface area contributed by atoms with Gasteiger partial charge in [0.05, 0.1) is 10.9 Å². The van der Waals surface area contributed by atoms with Crippen molar-refractivity contribution in [1.29, 1.82) is 0 Å². The molecule has 0 saturated heterocycles. The highest BCUT2D eigenvalue weighted by atomic mass is 35.5. The second-order valence-corrected chi connectivity index (χ2v) is 11.0. The lowest BCUT2D eigenvalue weighted by molar-refractivity contribution is -0.121. The van der Waals surface area contributed by atoms with Crippen LogP contribution < -0.4 is 10.1 Å². The third-order valence-electron chi connectivity index (χ3n) is 4.42. The van der Waals surface area contributed by atoms with E-state index in [-0.39, 0.29) is 17.3 Å². The van der Waals surface area contributed by atoms with E-state index >= 15 is 0 Å².